The number of fused-ring (bicyclic) bond motifs is 16. The average Bonchev–Trinajstić information content (AvgIpc) is 1.52. The Labute approximate surface area is 632 Å². The van der Waals surface area contributed by atoms with Crippen LogP contribution in [0.4, 0.5) is 0 Å². The highest BCUT2D eigenvalue weighted by Gasteiger charge is 2.52. The molecule has 5 heteroatoms. The Morgan fingerprint density at radius 1 is 0.231 bits per heavy atom. The standard InChI is InChI=1S/C46H26.C42H33BO2.C10H6I2.CH4/c1-3-12-28(13-4-1)42-38-25-36-33-20-9-17-27-18-10-21-34(41(27)33)37(36)26-39(38)43(29-14-5-2-6-15-29)46-40-24-30-16-7-8-19-31(30)32-22-11-23-35(44(32)40)45(42)46;1-41(2)42(3,4)45-43(44-41)29-22-23-32-34(25-29)37(27-16-9-6-10-17-27)39-33-21-13-20-31-30-19-12-11-18-28(30)24-35(38(31)33)40(39)36(32)26-14-7-5-8-15-26;11-8-5-1-3-7-4-2-6-9(12)10(7)8;/h1-26H;5-25H,1-4H3;1-6H;1H4. The van der Waals surface area contributed by atoms with Crippen LogP contribution in [0.2, 0.25) is 0 Å². The third-order valence-electron chi connectivity index (χ3n) is 22.7. The van der Waals surface area contributed by atoms with Gasteiger partial charge in [0, 0.05) is 12.5 Å². The fraction of sp³-hybridized carbons (Fsp3) is 0.0707. The molecule has 0 radical (unpaired) electrons. The van der Waals surface area contributed by atoms with Gasteiger partial charge in [-0.2, -0.15) is 0 Å². The van der Waals surface area contributed by atoms with Crippen molar-refractivity contribution in [3.63, 3.8) is 0 Å². The number of hydrogen-bond acceptors (Lipinski definition) is 2. The van der Waals surface area contributed by atoms with Crippen molar-refractivity contribution in [2.45, 2.75) is 46.3 Å². The van der Waals surface area contributed by atoms with Crippen molar-refractivity contribution in [2.75, 3.05) is 0 Å². The molecule has 1 heterocycles. The molecule has 0 saturated carbocycles. The van der Waals surface area contributed by atoms with Gasteiger partial charge < -0.3 is 9.31 Å². The molecule has 0 unspecified atom stereocenters. The highest BCUT2D eigenvalue weighted by atomic mass is 127. The summed E-state index contributed by atoms with van der Waals surface area (Å²) in [6, 6.07) is 118. The van der Waals surface area contributed by atoms with Gasteiger partial charge in [-0.25, -0.2) is 0 Å². The van der Waals surface area contributed by atoms with Crippen molar-refractivity contribution in [3.05, 3.63) is 329 Å². The van der Waals surface area contributed by atoms with Crippen LogP contribution in [0.15, 0.2) is 322 Å². The van der Waals surface area contributed by atoms with E-state index in [1.807, 2.05) is 0 Å². The fourth-order valence-corrected chi connectivity index (χ4v) is 19.6. The Hall–Kier alpha value is -10.5. The van der Waals surface area contributed by atoms with E-state index < -0.39 is 18.3 Å². The predicted octanol–water partition coefficient (Wildman–Crippen LogP) is 28.2. The van der Waals surface area contributed by atoms with Gasteiger partial charge >= 0.3 is 7.12 Å². The second-order valence-electron chi connectivity index (χ2n) is 28.8. The van der Waals surface area contributed by atoms with Crippen molar-refractivity contribution < 1.29 is 9.31 Å². The van der Waals surface area contributed by atoms with E-state index in [-0.39, 0.29) is 7.43 Å². The summed E-state index contributed by atoms with van der Waals surface area (Å²) in [5.41, 5.74) is 15.5. The number of halogens is 2. The summed E-state index contributed by atoms with van der Waals surface area (Å²) in [5, 5.41) is 31.6. The SMILES string of the molecule is C.CC1(C)OB(c2ccc3c(-c4ccccc4)c4c(c(-c5ccccc5)c3c2)-c2cccc3c2c-4cc2ccccc23)OC1(C)C.Ic1cccc2cccc(I)c12.c1ccc(-c2c3cc4c(cc3c(-c3ccccc3)c3c5cc6ccccc6c6cccc(c23)c65)c2cccc3cccc4c32)cc1. The van der Waals surface area contributed by atoms with Crippen molar-refractivity contribution in [1.29, 1.82) is 0 Å². The minimum Gasteiger partial charge on any atom is -0.399 e. The number of hydrogen-bond donors (Lipinski definition) is 0. The Balaban J connectivity index is 0.000000122. The molecule has 0 atom stereocenters. The summed E-state index contributed by atoms with van der Waals surface area (Å²) in [4.78, 5) is 0. The zero-order valence-electron chi connectivity index (χ0n) is 57.2. The summed E-state index contributed by atoms with van der Waals surface area (Å²) < 4.78 is 15.8. The quantitative estimate of drug-likeness (QED) is 0.0971. The Bertz CT molecular complexity index is 6810. The van der Waals surface area contributed by atoms with Gasteiger partial charge in [0.2, 0.25) is 0 Å². The minimum absolute atomic E-state index is 0. The molecule has 2 nitrogen and oxygen atoms in total. The molecular formula is C99H69BI2O2. The van der Waals surface area contributed by atoms with Crippen LogP contribution in [0, 0.1) is 7.14 Å². The lowest BCUT2D eigenvalue weighted by atomic mass is 9.75. The Morgan fingerprint density at radius 3 is 1.13 bits per heavy atom. The molecule has 1 aliphatic heterocycles. The van der Waals surface area contributed by atoms with E-state index in [9.17, 15) is 0 Å². The molecule has 20 aromatic carbocycles. The second kappa shape index (κ2) is 24.9. The highest BCUT2D eigenvalue weighted by molar-refractivity contribution is 14.1. The molecule has 2 aliphatic rings. The van der Waals surface area contributed by atoms with E-state index >= 15 is 0 Å². The van der Waals surface area contributed by atoms with Crippen molar-refractivity contribution in [2.24, 2.45) is 0 Å². The molecule has 1 fully saturated rings. The van der Waals surface area contributed by atoms with Crippen LogP contribution in [0.1, 0.15) is 35.1 Å². The third-order valence-corrected chi connectivity index (χ3v) is 24.5. The van der Waals surface area contributed by atoms with Crippen LogP contribution in [0.25, 0.3) is 196 Å². The maximum atomic E-state index is 6.57. The van der Waals surface area contributed by atoms with E-state index in [1.165, 1.54) is 203 Å². The maximum Gasteiger partial charge on any atom is 0.494 e. The van der Waals surface area contributed by atoms with Gasteiger partial charge in [-0.3, -0.25) is 0 Å². The number of rotatable bonds is 5. The summed E-state index contributed by atoms with van der Waals surface area (Å²) in [5.74, 6) is 0. The van der Waals surface area contributed by atoms with Gasteiger partial charge in [-0.15, -0.1) is 0 Å². The average molecular weight is 1560 g/mol. The maximum absolute atomic E-state index is 6.57. The molecule has 0 aromatic heterocycles. The Morgan fingerprint density at radius 2 is 0.606 bits per heavy atom. The lowest BCUT2D eigenvalue weighted by Crippen LogP contribution is -2.41. The lowest BCUT2D eigenvalue weighted by Gasteiger charge is -2.32. The monoisotopic (exact) mass is 1550 g/mol. The molecule has 0 spiro atoms. The highest BCUT2D eigenvalue weighted by Crippen LogP contribution is 2.60. The van der Waals surface area contributed by atoms with E-state index in [1.54, 1.807) is 0 Å². The first kappa shape index (κ1) is 64.3. The van der Waals surface area contributed by atoms with Crippen molar-refractivity contribution in [3.8, 4) is 66.8 Å². The van der Waals surface area contributed by atoms with E-state index in [2.05, 4.69) is 394 Å². The van der Waals surface area contributed by atoms with E-state index in [0.717, 1.165) is 5.46 Å². The first-order valence-corrected chi connectivity index (χ1v) is 37.8. The second-order valence-corrected chi connectivity index (χ2v) is 31.2. The predicted molar refractivity (Wildman–Crippen MR) is 466 cm³/mol. The summed E-state index contributed by atoms with van der Waals surface area (Å²) in [7, 11) is -0.442. The molecule has 0 N–H and O–H groups in total. The van der Waals surface area contributed by atoms with Crippen LogP contribution in [0.5, 0.6) is 0 Å². The smallest absolute Gasteiger partial charge is 0.399 e. The molecule has 1 saturated heterocycles. The normalized spacial score (nSPS) is 13.7. The van der Waals surface area contributed by atoms with Crippen LogP contribution in [0.3, 0.4) is 0 Å². The van der Waals surface area contributed by atoms with Crippen LogP contribution in [-0.4, -0.2) is 18.3 Å². The first-order valence-electron chi connectivity index (χ1n) is 35.6. The van der Waals surface area contributed by atoms with Gasteiger partial charge in [0.1, 0.15) is 0 Å². The van der Waals surface area contributed by atoms with Crippen molar-refractivity contribution in [1.82, 2.24) is 0 Å². The molecular weight excluding hydrogens is 1490 g/mol. The van der Waals surface area contributed by atoms with Crippen molar-refractivity contribution >= 4 is 187 Å². The van der Waals surface area contributed by atoms with Gasteiger partial charge in [0.25, 0.3) is 0 Å². The largest absolute Gasteiger partial charge is 0.494 e. The fourth-order valence-electron chi connectivity index (χ4n) is 17.5. The zero-order chi connectivity index (χ0) is 69.0. The van der Waals surface area contributed by atoms with Crippen LogP contribution in [-0.2, 0) is 9.31 Å². The lowest BCUT2D eigenvalue weighted by molar-refractivity contribution is 0.00578. The van der Waals surface area contributed by atoms with Gasteiger partial charge in [0.05, 0.1) is 11.2 Å². The van der Waals surface area contributed by atoms with Gasteiger partial charge in [0.15, 0.2) is 0 Å². The molecule has 494 valence electrons. The first-order chi connectivity index (χ1) is 50.5. The Kier molecular flexibility index (Phi) is 15.4. The van der Waals surface area contributed by atoms with Crippen LogP contribution >= 0.6 is 45.2 Å². The minimum atomic E-state index is -0.442. The number of benzene rings is 18. The molecule has 104 heavy (non-hydrogen) atoms. The summed E-state index contributed by atoms with van der Waals surface area (Å²) in [6.45, 7) is 8.47. The third kappa shape index (κ3) is 9.87. The molecule has 0 bridgehead atoms. The molecule has 22 rings (SSSR count). The topological polar surface area (TPSA) is 18.5 Å². The summed E-state index contributed by atoms with van der Waals surface area (Å²) in [6.07, 6.45) is 0. The van der Waals surface area contributed by atoms with E-state index in [0.29, 0.717) is 0 Å². The molecule has 1 aliphatic carbocycles. The van der Waals surface area contributed by atoms with Gasteiger partial charge in [-0.05, 0) is 305 Å². The van der Waals surface area contributed by atoms with Crippen LogP contribution < -0.4 is 5.46 Å². The molecule has 0 amide bonds. The van der Waals surface area contributed by atoms with E-state index in [4.69, 9.17) is 9.31 Å². The summed E-state index contributed by atoms with van der Waals surface area (Å²) >= 11 is 4.76. The van der Waals surface area contributed by atoms with Gasteiger partial charge in [-0.1, -0.05) is 293 Å². The molecule has 20 aromatic rings. The zero-order valence-corrected chi connectivity index (χ0v) is 61.6.